The summed E-state index contributed by atoms with van der Waals surface area (Å²) in [5, 5.41) is 0.701. The third-order valence-corrected chi connectivity index (χ3v) is 4.29. The fourth-order valence-corrected chi connectivity index (χ4v) is 2.77. The number of likely N-dealkylation sites (N-methyl/N-ethyl adjacent to an activating group) is 1. The Morgan fingerprint density at radius 1 is 1.36 bits per heavy atom. The highest BCUT2D eigenvalue weighted by atomic mass is 35.5. The lowest BCUT2D eigenvalue weighted by Gasteiger charge is -2.31. The van der Waals surface area contributed by atoms with Crippen LogP contribution in [0.5, 0.6) is 0 Å². The van der Waals surface area contributed by atoms with Crippen LogP contribution in [0.1, 0.15) is 25.3 Å². The first-order valence-electron chi connectivity index (χ1n) is 7.48. The predicted molar refractivity (Wildman–Crippen MR) is 91.3 cm³/mol. The van der Waals surface area contributed by atoms with Crippen LogP contribution in [-0.4, -0.2) is 36.6 Å². The zero-order valence-corrected chi connectivity index (χ0v) is 14.4. The minimum Gasteiger partial charge on any atom is -0.381 e. The number of amides is 1. The third kappa shape index (κ3) is 5.13. The van der Waals surface area contributed by atoms with E-state index in [-0.39, 0.29) is 24.2 Å². The molecule has 124 valence electrons. The number of ether oxygens (including phenoxy) is 1. The summed E-state index contributed by atoms with van der Waals surface area (Å²) < 4.78 is 5.33. The van der Waals surface area contributed by atoms with Crippen molar-refractivity contribution in [3.8, 4) is 0 Å². The van der Waals surface area contributed by atoms with Gasteiger partial charge in [0.25, 0.3) is 0 Å². The number of nitrogens with two attached hydrogens (primary N) is 1. The minimum atomic E-state index is -0.429. The minimum absolute atomic E-state index is 0. The summed E-state index contributed by atoms with van der Waals surface area (Å²) in [4.78, 5) is 14.4. The van der Waals surface area contributed by atoms with Gasteiger partial charge in [-0.2, -0.15) is 0 Å². The molecule has 22 heavy (non-hydrogen) atoms. The van der Waals surface area contributed by atoms with Gasteiger partial charge >= 0.3 is 0 Å². The number of hydrogen-bond donors (Lipinski definition) is 1. The second-order valence-corrected chi connectivity index (χ2v) is 5.89. The van der Waals surface area contributed by atoms with E-state index >= 15 is 0 Å². The van der Waals surface area contributed by atoms with E-state index in [2.05, 4.69) is 0 Å². The van der Waals surface area contributed by atoms with E-state index in [4.69, 9.17) is 22.1 Å². The summed E-state index contributed by atoms with van der Waals surface area (Å²) in [5.41, 5.74) is 7.24. The van der Waals surface area contributed by atoms with E-state index < -0.39 is 6.04 Å². The summed E-state index contributed by atoms with van der Waals surface area (Å²) in [6, 6.07) is 7.14. The second kappa shape index (κ2) is 9.36. The van der Waals surface area contributed by atoms with Crippen molar-refractivity contribution < 1.29 is 9.53 Å². The molecule has 1 unspecified atom stereocenters. The highest BCUT2D eigenvalue weighted by molar-refractivity contribution is 6.30. The SMILES string of the molecule is CCN(Cc1ccc(Cl)cc1)C(=O)C(N)C1CCOCC1.Cl. The van der Waals surface area contributed by atoms with Crippen molar-refractivity contribution in [2.24, 2.45) is 11.7 Å². The normalized spacial score (nSPS) is 16.7. The van der Waals surface area contributed by atoms with E-state index in [1.165, 1.54) is 0 Å². The lowest BCUT2D eigenvalue weighted by atomic mass is 9.91. The summed E-state index contributed by atoms with van der Waals surface area (Å²) in [6.45, 7) is 4.61. The van der Waals surface area contributed by atoms with Crippen LogP contribution in [0.2, 0.25) is 5.02 Å². The Balaban J connectivity index is 0.00000242. The van der Waals surface area contributed by atoms with Crippen LogP contribution >= 0.6 is 24.0 Å². The van der Waals surface area contributed by atoms with Gasteiger partial charge in [0.15, 0.2) is 0 Å². The first-order valence-corrected chi connectivity index (χ1v) is 7.86. The highest BCUT2D eigenvalue weighted by Gasteiger charge is 2.29. The van der Waals surface area contributed by atoms with Crippen molar-refractivity contribution >= 4 is 29.9 Å². The lowest BCUT2D eigenvalue weighted by molar-refractivity contribution is -0.135. The Hall–Kier alpha value is -0.810. The molecule has 0 aromatic heterocycles. The largest absolute Gasteiger partial charge is 0.381 e. The highest BCUT2D eigenvalue weighted by Crippen LogP contribution is 2.20. The Morgan fingerprint density at radius 3 is 2.50 bits per heavy atom. The standard InChI is InChI=1S/C16H23ClN2O2.ClH/c1-2-19(11-12-3-5-14(17)6-4-12)16(20)15(18)13-7-9-21-10-8-13;/h3-6,13,15H,2,7-11,18H2,1H3;1H. The molecule has 1 heterocycles. The fraction of sp³-hybridized carbons (Fsp3) is 0.562. The number of benzene rings is 1. The van der Waals surface area contributed by atoms with Gasteiger partial charge in [0, 0.05) is 31.3 Å². The van der Waals surface area contributed by atoms with Gasteiger partial charge in [-0.15, -0.1) is 12.4 Å². The Kier molecular flexibility index (Phi) is 8.18. The average molecular weight is 347 g/mol. The zero-order valence-electron chi connectivity index (χ0n) is 12.8. The maximum atomic E-state index is 12.6. The van der Waals surface area contributed by atoms with Gasteiger partial charge in [-0.1, -0.05) is 23.7 Å². The van der Waals surface area contributed by atoms with Gasteiger partial charge in [-0.25, -0.2) is 0 Å². The van der Waals surface area contributed by atoms with Crippen LogP contribution < -0.4 is 5.73 Å². The van der Waals surface area contributed by atoms with E-state index in [1.807, 2.05) is 36.1 Å². The summed E-state index contributed by atoms with van der Waals surface area (Å²) in [5.74, 6) is 0.255. The molecule has 0 spiro atoms. The molecule has 6 heteroatoms. The topological polar surface area (TPSA) is 55.6 Å². The van der Waals surface area contributed by atoms with Gasteiger partial charge in [0.05, 0.1) is 6.04 Å². The molecule has 4 nitrogen and oxygen atoms in total. The van der Waals surface area contributed by atoms with Gasteiger partial charge in [-0.05, 0) is 43.4 Å². The molecule has 0 saturated carbocycles. The smallest absolute Gasteiger partial charge is 0.240 e. The maximum Gasteiger partial charge on any atom is 0.240 e. The first kappa shape index (κ1) is 19.2. The summed E-state index contributed by atoms with van der Waals surface area (Å²) in [6.07, 6.45) is 1.73. The fourth-order valence-electron chi connectivity index (χ4n) is 2.64. The monoisotopic (exact) mass is 346 g/mol. The van der Waals surface area contributed by atoms with Crippen molar-refractivity contribution in [3.63, 3.8) is 0 Å². The average Bonchev–Trinajstić information content (AvgIpc) is 2.54. The van der Waals surface area contributed by atoms with Crippen LogP contribution in [0.25, 0.3) is 0 Å². The maximum absolute atomic E-state index is 12.6. The second-order valence-electron chi connectivity index (χ2n) is 5.45. The Labute approximate surface area is 143 Å². The molecule has 1 amide bonds. The molecule has 1 fully saturated rings. The third-order valence-electron chi connectivity index (χ3n) is 4.04. The van der Waals surface area contributed by atoms with Crippen LogP contribution in [0.4, 0.5) is 0 Å². The molecule has 0 bridgehead atoms. The van der Waals surface area contributed by atoms with E-state index in [1.54, 1.807) is 0 Å². The predicted octanol–water partition coefficient (Wildman–Crippen LogP) is 2.86. The van der Waals surface area contributed by atoms with Crippen molar-refractivity contribution in [1.29, 1.82) is 0 Å². The molecule has 2 rings (SSSR count). The molecular formula is C16H24Cl2N2O2. The van der Waals surface area contributed by atoms with Crippen molar-refractivity contribution in [3.05, 3.63) is 34.9 Å². The molecule has 0 aliphatic carbocycles. The molecule has 1 aliphatic rings. The molecule has 0 radical (unpaired) electrons. The van der Waals surface area contributed by atoms with Crippen molar-refractivity contribution in [2.45, 2.75) is 32.4 Å². The van der Waals surface area contributed by atoms with E-state index in [9.17, 15) is 4.79 Å². The lowest BCUT2D eigenvalue weighted by Crippen LogP contribution is -2.48. The number of nitrogens with zero attached hydrogens (tertiary/aromatic N) is 1. The molecule has 1 saturated heterocycles. The first-order chi connectivity index (χ1) is 10.1. The number of carbonyl (C=O) groups is 1. The number of hydrogen-bond acceptors (Lipinski definition) is 3. The number of halogens is 2. The van der Waals surface area contributed by atoms with Crippen LogP contribution in [0.15, 0.2) is 24.3 Å². The van der Waals surface area contributed by atoms with E-state index in [0.29, 0.717) is 31.3 Å². The number of carbonyl (C=O) groups excluding carboxylic acids is 1. The Morgan fingerprint density at radius 2 is 1.95 bits per heavy atom. The van der Waals surface area contributed by atoms with Gasteiger partial charge in [-0.3, -0.25) is 4.79 Å². The summed E-state index contributed by atoms with van der Waals surface area (Å²) in [7, 11) is 0. The van der Waals surface area contributed by atoms with Crippen molar-refractivity contribution in [2.75, 3.05) is 19.8 Å². The van der Waals surface area contributed by atoms with E-state index in [0.717, 1.165) is 18.4 Å². The summed E-state index contributed by atoms with van der Waals surface area (Å²) >= 11 is 5.88. The Bertz CT molecular complexity index is 462. The molecule has 1 atom stereocenters. The van der Waals surface area contributed by atoms with Gasteiger partial charge in [0.1, 0.15) is 0 Å². The molecule has 2 N–H and O–H groups in total. The van der Waals surface area contributed by atoms with Gasteiger partial charge in [0.2, 0.25) is 5.91 Å². The zero-order chi connectivity index (χ0) is 15.2. The number of rotatable bonds is 5. The molecular weight excluding hydrogens is 323 g/mol. The molecule has 1 aromatic rings. The van der Waals surface area contributed by atoms with Gasteiger partial charge < -0.3 is 15.4 Å². The van der Waals surface area contributed by atoms with Crippen molar-refractivity contribution in [1.82, 2.24) is 4.90 Å². The quantitative estimate of drug-likeness (QED) is 0.891. The van der Waals surface area contributed by atoms with Crippen LogP contribution in [0.3, 0.4) is 0 Å². The molecule has 1 aromatic carbocycles. The van der Waals surface area contributed by atoms with Crippen LogP contribution in [0, 0.1) is 5.92 Å². The molecule has 1 aliphatic heterocycles. The van der Waals surface area contributed by atoms with Crippen LogP contribution in [-0.2, 0) is 16.1 Å².